The SMILES string of the molecule is CCOC(=O)OC(C)CC(c1ccc(OC(=O)OC(C)CC)c(OC(=O)OC(C)CC)c1)[C@H](N)C(=O)O. The average molecular weight is 528 g/mol. The van der Waals surface area contributed by atoms with E-state index < -0.39 is 54.7 Å². The number of aliphatic carboxylic acids is 1. The summed E-state index contributed by atoms with van der Waals surface area (Å²) in [6, 6.07) is 2.69. The molecule has 0 saturated carbocycles. The Morgan fingerprint density at radius 2 is 1.32 bits per heavy atom. The van der Waals surface area contributed by atoms with Crippen molar-refractivity contribution in [2.75, 3.05) is 6.61 Å². The number of ether oxygens (including phenoxy) is 6. The van der Waals surface area contributed by atoms with Crippen LogP contribution in [0.2, 0.25) is 0 Å². The minimum Gasteiger partial charge on any atom is -0.480 e. The summed E-state index contributed by atoms with van der Waals surface area (Å²) in [4.78, 5) is 47.9. The summed E-state index contributed by atoms with van der Waals surface area (Å²) in [6.07, 6.45) is -3.50. The number of nitrogens with two attached hydrogens (primary N) is 1. The van der Waals surface area contributed by atoms with Crippen molar-refractivity contribution >= 4 is 24.4 Å². The van der Waals surface area contributed by atoms with E-state index in [0.717, 1.165) is 0 Å². The van der Waals surface area contributed by atoms with E-state index in [9.17, 15) is 24.3 Å². The van der Waals surface area contributed by atoms with Crippen LogP contribution in [0.25, 0.3) is 0 Å². The first-order valence-corrected chi connectivity index (χ1v) is 12.1. The molecule has 0 spiro atoms. The van der Waals surface area contributed by atoms with Crippen LogP contribution >= 0.6 is 0 Å². The van der Waals surface area contributed by atoms with Crippen LogP contribution in [-0.4, -0.2) is 60.5 Å². The third-order valence-electron chi connectivity index (χ3n) is 5.39. The molecule has 1 rings (SSSR count). The van der Waals surface area contributed by atoms with E-state index in [2.05, 4.69) is 0 Å². The highest BCUT2D eigenvalue weighted by molar-refractivity contribution is 5.75. The summed E-state index contributed by atoms with van der Waals surface area (Å²) >= 11 is 0. The number of carboxylic acid groups (broad SMARTS) is 1. The summed E-state index contributed by atoms with van der Waals surface area (Å²) < 4.78 is 30.7. The maximum atomic E-state index is 12.3. The van der Waals surface area contributed by atoms with E-state index in [1.165, 1.54) is 18.2 Å². The van der Waals surface area contributed by atoms with Crippen LogP contribution < -0.4 is 15.2 Å². The summed E-state index contributed by atoms with van der Waals surface area (Å²) in [5, 5.41) is 9.57. The molecule has 0 heterocycles. The van der Waals surface area contributed by atoms with Crippen molar-refractivity contribution in [1.29, 1.82) is 0 Å². The van der Waals surface area contributed by atoms with Crippen molar-refractivity contribution in [2.24, 2.45) is 5.73 Å². The van der Waals surface area contributed by atoms with Crippen molar-refractivity contribution < 1.29 is 52.7 Å². The van der Waals surface area contributed by atoms with E-state index in [1.807, 2.05) is 13.8 Å². The molecular weight excluding hydrogens is 490 g/mol. The molecule has 0 aliphatic rings. The van der Waals surface area contributed by atoms with Crippen molar-refractivity contribution in [3.63, 3.8) is 0 Å². The average Bonchev–Trinajstić information content (AvgIpc) is 2.82. The Bertz CT molecular complexity index is 920. The number of benzene rings is 1. The molecule has 3 N–H and O–H groups in total. The van der Waals surface area contributed by atoms with Gasteiger partial charge in [0.25, 0.3) is 0 Å². The van der Waals surface area contributed by atoms with Gasteiger partial charge in [-0.05, 0) is 64.7 Å². The van der Waals surface area contributed by atoms with Crippen LogP contribution in [0.15, 0.2) is 18.2 Å². The Hall–Kier alpha value is -3.54. The van der Waals surface area contributed by atoms with Gasteiger partial charge in [0, 0.05) is 5.92 Å². The van der Waals surface area contributed by atoms with E-state index >= 15 is 0 Å². The lowest BCUT2D eigenvalue weighted by atomic mass is 9.87. The fourth-order valence-electron chi connectivity index (χ4n) is 3.03. The molecule has 0 radical (unpaired) electrons. The van der Waals surface area contributed by atoms with Gasteiger partial charge in [-0.3, -0.25) is 4.79 Å². The predicted octanol–water partition coefficient (Wildman–Crippen LogP) is 4.76. The van der Waals surface area contributed by atoms with Crippen LogP contribution in [0.1, 0.15) is 72.3 Å². The van der Waals surface area contributed by atoms with Gasteiger partial charge < -0.3 is 39.3 Å². The maximum absolute atomic E-state index is 12.3. The van der Waals surface area contributed by atoms with Crippen LogP contribution in [0.3, 0.4) is 0 Å². The van der Waals surface area contributed by atoms with Gasteiger partial charge in [0.05, 0.1) is 6.61 Å². The lowest BCUT2D eigenvalue weighted by Crippen LogP contribution is -2.38. The largest absolute Gasteiger partial charge is 0.514 e. The lowest BCUT2D eigenvalue weighted by Gasteiger charge is -2.25. The summed E-state index contributed by atoms with van der Waals surface area (Å²) in [7, 11) is 0. The zero-order valence-corrected chi connectivity index (χ0v) is 22.1. The highest BCUT2D eigenvalue weighted by Crippen LogP contribution is 2.35. The minimum absolute atomic E-state index is 0.000698. The number of hydrogen-bond donors (Lipinski definition) is 2. The van der Waals surface area contributed by atoms with Gasteiger partial charge in [0.2, 0.25) is 0 Å². The standard InChI is InChI=1S/C25H37NO11/c1-7-14(4)33-24(30)36-19-11-10-17(13-20(19)37-25(31)34-15(5)8-2)18(21(26)22(27)28)12-16(6)35-23(29)32-9-3/h10-11,13-16,18,21H,7-9,12,26H2,1-6H3,(H,27,28)/t14?,15?,16?,18?,21-/m0/s1. The lowest BCUT2D eigenvalue weighted by molar-refractivity contribution is -0.139. The Morgan fingerprint density at radius 3 is 1.81 bits per heavy atom. The van der Waals surface area contributed by atoms with E-state index in [0.29, 0.717) is 18.4 Å². The molecule has 0 fully saturated rings. The molecule has 0 amide bonds. The van der Waals surface area contributed by atoms with Crippen molar-refractivity contribution in [2.45, 2.75) is 91.1 Å². The fourth-order valence-corrected chi connectivity index (χ4v) is 3.03. The van der Waals surface area contributed by atoms with Gasteiger partial charge >= 0.3 is 24.4 Å². The van der Waals surface area contributed by atoms with Gasteiger partial charge in [-0.2, -0.15) is 0 Å². The zero-order valence-electron chi connectivity index (χ0n) is 22.1. The second-order valence-corrected chi connectivity index (χ2v) is 8.40. The Labute approximate surface area is 216 Å². The molecule has 1 aromatic carbocycles. The van der Waals surface area contributed by atoms with E-state index in [-0.39, 0.29) is 24.5 Å². The number of carbonyl (C=O) groups excluding carboxylic acids is 3. The van der Waals surface area contributed by atoms with Crippen LogP contribution in [0.5, 0.6) is 11.5 Å². The highest BCUT2D eigenvalue weighted by Gasteiger charge is 2.30. The summed E-state index contributed by atoms with van der Waals surface area (Å²) in [5.74, 6) is -2.56. The molecule has 0 aliphatic carbocycles. The maximum Gasteiger partial charge on any atom is 0.514 e. The van der Waals surface area contributed by atoms with Crippen molar-refractivity contribution in [1.82, 2.24) is 0 Å². The predicted molar refractivity (Wildman–Crippen MR) is 131 cm³/mol. The molecular formula is C25H37NO11. The first kappa shape index (κ1) is 31.5. The molecule has 208 valence electrons. The summed E-state index contributed by atoms with van der Waals surface area (Å²) in [6.45, 7) is 10.3. The third kappa shape index (κ3) is 10.9. The molecule has 1 aromatic rings. The zero-order chi connectivity index (χ0) is 28.1. The molecule has 37 heavy (non-hydrogen) atoms. The normalized spacial score (nSPS) is 14.8. The quantitative estimate of drug-likeness (QED) is 0.205. The molecule has 0 aromatic heterocycles. The summed E-state index contributed by atoms with van der Waals surface area (Å²) in [5.41, 5.74) is 6.27. The topological polar surface area (TPSA) is 170 Å². The van der Waals surface area contributed by atoms with E-state index in [4.69, 9.17) is 34.2 Å². The molecule has 4 unspecified atom stereocenters. The number of hydrogen-bond acceptors (Lipinski definition) is 11. The van der Waals surface area contributed by atoms with Crippen molar-refractivity contribution in [3.05, 3.63) is 23.8 Å². The molecule has 12 heteroatoms. The van der Waals surface area contributed by atoms with Gasteiger partial charge in [0.1, 0.15) is 24.4 Å². The second kappa shape index (κ2) is 15.5. The highest BCUT2D eigenvalue weighted by atomic mass is 16.8. The van der Waals surface area contributed by atoms with Crippen LogP contribution in [0.4, 0.5) is 14.4 Å². The molecule has 5 atom stereocenters. The number of carboxylic acids is 1. The third-order valence-corrected chi connectivity index (χ3v) is 5.39. The monoisotopic (exact) mass is 527 g/mol. The Kier molecular flexibility index (Phi) is 13.2. The van der Waals surface area contributed by atoms with E-state index in [1.54, 1.807) is 27.7 Å². The van der Waals surface area contributed by atoms with Gasteiger partial charge in [0.15, 0.2) is 11.5 Å². The van der Waals surface area contributed by atoms with Gasteiger partial charge in [-0.1, -0.05) is 19.9 Å². The first-order chi connectivity index (χ1) is 17.4. The first-order valence-electron chi connectivity index (χ1n) is 12.1. The van der Waals surface area contributed by atoms with Crippen molar-refractivity contribution in [3.8, 4) is 11.5 Å². The Balaban J connectivity index is 3.34. The minimum atomic E-state index is -1.41. The second-order valence-electron chi connectivity index (χ2n) is 8.40. The van der Waals surface area contributed by atoms with Crippen LogP contribution in [-0.2, 0) is 23.7 Å². The number of carbonyl (C=O) groups is 4. The fraction of sp³-hybridized carbons (Fsp3) is 0.600. The number of rotatable bonds is 13. The van der Waals surface area contributed by atoms with Gasteiger partial charge in [-0.15, -0.1) is 0 Å². The molecule has 0 saturated heterocycles. The molecule has 12 nitrogen and oxygen atoms in total. The van der Waals surface area contributed by atoms with Gasteiger partial charge in [-0.25, -0.2) is 14.4 Å². The Morgan fingerprint density at radius 1 is 0.811 bits per heavy atom. The molecule has 0 aliphatic heterocycles. The smallest absolute Gasteiger partial charge is 0.480 e. The molecule has 0 bridgehead atoms. The van der Waals surface area contributed by atoms with Crippen LogP contribution in [0, 0.1) is 0 Å².